The number of benzene rings is 3. The molecule has 1 saturated heterocycles. The number of nitrogens with zero attached hydrogens (tertiary/aromatic N) is 2. The molecule has 8 heteroatoms. The highest BCUT2D eigenvalue weighted by Crippen LogP contribution is 2.25. The highest BCUT2D eigenvalue weighted by atomic mass is 16.6. The maximum atomic E-state index is 13.6. The van der Waals surface area contributed by atoms with E-state index in [1.165, 1.54) is 4.90 Å². The van der Waals surface area contributed by atoms with Crippen LogP contribution in [0.5, 0.6) is 5.75 Å². The van der Waals surface area contributed by atoms with Crippen LogP contribution in [0.3, 0.4) is 0 Å². The van der Waals surface area contributed by atoms with Gasteiger partial charge in [0, 0.05) is 25.0 Å². The summed E-state index contributed by atoms with van der Waals surface area (Å²) in [6.45, 7) is 6.68. The van der Waals surface area contributed by atoms with Crippen LogP contribution in [0.15, 0.2) is 83.3 Å². The number of oxazole rings is 1. The third-order valence-electron chi connectivity index (χ3n) is 7.33. The van der Waals surface area contributed by atoms with Crippen molar-refractivity contribution in [2.24, 2.45) is 0 Å². The molecular weight excluding hydrogens is 532 g/mol. The van der Waals surface area contributed by atoms with Crippen molar-refractivity contribution in [2.75, 3.05) is 19.8 Å². The molecule has 3 aromatic carbocycles. The molecule has 0 spiro atoms. The SMILES string of the molecule is CCO[C@@H](Cc1ccc(OCCc2nc(-c3ccccc3)oc2C)c(C)c1)C(=O)N1C(=O)OCC1Cc1ccccc1. The van der Waals surface area contributed by atoms with E-state index in [-0.39, 0.29) is 18.6 Å². The lowest BCUT2D eigenvalue weighted by atomic mass is 10.0. The van der Waals surface area contributed by atoms with Crippen molar-refractivity contribution < 1.29 is 28.2 Å². The monoisotopic (exact) mass is 568 g/mol. The predicted octanol–water partition coefficient (Wildman–Crippen LogP) is 6.12. The number of imide groups is 1. The van der Waals surface area contributed by atoms with Crippen LogP contribution in [0.2, 0.25) is 0 Å². The average molecular weight is 569 g/mol. The quantitative estimate of drug-likeness (QED) is 0.203. The Kier molecular flexibility index (Phi) is 9.34. The molecular formula is C34H36N2O6. The molecule has 218 valence electrons. The van der Waals surface area contributed by atoms with Gasteiger partial charge < -0.3 is 18.6 Å². The average Bonchev–Trinajstić information content (AvgIpc) is 3.56. The number of hydrogen-bond acceptors (Lipinski definition) is 7. The number of carbonyl (C=O) groups is 2. The molecule has 4 aromatic rings. The summed E-state index contributed by atoms with van der Waals surface area (Å²) in [6, 6.07) is 25.1. The second kappa shape index (κ2) is 13.5. The first kappa shape index (κ1) is 29.1. The van der Waals surface area contributed by atoms with Crippen LogP contribution in [0.1, 0.15) is 35.1 Å². The van der Waals surface area contributed by atoms with Gasteiger partial charge in [-0.1, -0.05) is 60.7 Å². The van der Waals surface area contributed by atoms with E-state index >= 15 is 0 Å². The molecule has 0 bridgehead atoms. The third-order valence-corrected chi connectivity index (χ3v) is 7.33. The predicted molar refractivity (Wildman–Crippen MR) is 158 cm³/mol. The van der Waals surface area contributed by atoms with Crippen molar-refractivity contribution in [3.05, 3.63) is 107 Å². The van der Waals surface area contributed by atoms with Gasteiger partial charge in [0.25, 0.3) is 5.91 Å². The maximum absolute atomic E-state index is 13.6. The van der Waals surface area contributed by atoms with Gasteiger partial charge in [-0.2, -0.15) is 0 Å². The third kappa shape index (κ3) is 6.89. The summed E-state index contributed by atoms with van der Waals surface area (Å²) < 4.78 is 23.1. The summed E-state index contributed by atoms with van der Waals surface area (Å²) in [7, 11) is 0. The molecule has 2 atom stereocenters. The Balaban J connectivity index is 1.20. The van der Waals surface area contributed by atoms with Crippen LogP contribution < -0.4 is 4.74 Å². The smallest absolute Gasteiger partial charge is 0.417 e. The van der Waals surface area contributed by atoms with Crippen molar-refractivity contribution in [1.82, 2.24) is 9.88 Å². The molecule has 1 unspecified atom stereocenters. The minimum absolute atomic E-state index is 0.172. The topological polar surface area (TPSA) is 91.1 Å². The Morgan fingerprint density at radius 2 is 1.76 bits per heavy atom. The molecule has 5 rings (SSSR count). The number of hydrogen-bond donors (Lipinski definition) is 0. The fourth-order valence-electron chi connectivity index (χ4n) is 5.18. The van der Waals surface area contributed by atoms with Crippen molar-refractivity contribution >= 4 is 12.0 Å². The minimum Gasteiger partial charge on any atom is -0.493 e. The van der Waals surface area contributed by atoms with Crippen LogP contribution in [-0.4, -0.2) is 53.9 Å². The molecule has 1 fully saturated rings. The Morgan fingerprint density at radius 1 is 1.02 bits per heavy atom. The van der Waals surface area contributed by atoms with Crippen LogP contribution >= 0.6 is 0 Å². The second-order valence-electron chi connectivity index (χ2n) is 10.4. The number of carbonyl (C=O) groups excluding carboxylic acids is 2. The summed E-state index contributed by atoms with van der Waals surface area (Å²) in [5.74, 6) is 1.77. The van der Waals surface area contributed by atoms with E-state index in [1.807, 2.05) is 99.6 Å². The molecule has 42 heavy (non-hydrogen) atoms. The van der Waals surface area contributed by atoms with Gasteiger partial charge >= 0.3 is 6.09 Å². The van der Waals surface area contributed by atoms with E-state index in [4.69, 9.17) is 18.6 Å². The fraction of sp³-hybridized carbons (Fsp3) is 0.324. The van der Waals surface area contributed by atoms with E-state index in [0.717, 1.165) is 39.5 Å². The first-order chi connectivity index (χ1) is 20.4. The normalized spacial score (nSPS) is 15.5. The summed E-state index contributed by atoms with van der Waals surface area (Å²) >= 11 is 0. The van der Waals surface area contributed by atoms with E-state index in [1.54, 1.807) is 0 Å². The first-order valence-corrected chi connectivity index (χ1v) is 14.3. The first-order valence-electron chi connectivity index (χ1n) is 14.3. The summed E-state index contributed by atoms with van der Waals surface area (Å²) in [5.41, 5.74) is 4.70. The molecule has 0 radical (unpaired) electrons. The summed E-state index contributed by atoms with van der Waals surface area (Å²) in [5, 5.41) is 0. The van der Waals surface area contributed by atoms with Crippen molar-refractivity contribution in [2.45, 2.75) is 52.2 Å². The van der Waals surface area contributed by atoms with Gasteiger partial charge in [-0.3, -0.25) is 4.79 Å². The molecule has 0 N–H and O–H groups in total. The number of cyclic esters (lactones) is 1. The Labute approximate surface area is 246 Å². The fourth-order valence-corrected chi connectivity index (χ4v) is 5.18. The zero-order valence-corrected chi connectivity index (χ0v) is 24.2. The molecule has 0 aliphatic carbocycles. The molecule has 8 nitrogen and oxygen atoms in total. The number of aromatic nitrogens is 1. The summed E-state index contributed by atoms with van der Waals surface area (Å²) in [6.07, 6.45) is 0.0444. The molecule has 2 amide bonds. The number of amides is 2. The minimum atomic E-state index is -0.806. The molecule has 1 aliphatic heterocycles. The molecule has 1 aromatic heterocycles. The maximum Gasteiger partial charge on any atom is 0.417 e. The highest BCUT2D eigenvalue weighted by molar-refractivity contribution is 5.96. The van der Waals surface area contributed by atoms with Crippen molar-refractivity contribution in [3.8, 4) is 17.2 Å². The van der Waals surface area contributed by atoms with Crippen LogP contribution in [0.25, 0.3) is 11.5 Å². The van der Waals surface area contributed by atoms with E-state index < -0.39 is 12.2 Å². The van der Waals surface area contributed by atoms with E-state index in [2.05, 4.69) is 4.98 Å². The Hall–Kier alpha value is -4.43. The number of ether oxygens (including phenoxy) is 3. The Bertz CT molecular complexity index is 1500. The van der Waals surface area contributed by atoms with Gasteiger partial charge in [0.15, 0.2) is 0 Å². The van der Waals surface area contributed by atoms with Crippen molar-refractivity contribution in [3.63, 3.8) is 0 Å². The zero-order chi connectivity index (χ0) is 29.5. The van der Waals surface area contributed by atoms with Gasteiger partial charge in [0.2, 0.25) is 5.89 Å². The molecule has 0 saturated carbocycles. The van der Waals surface area contributed by atoms with Gasteiger partial charge in [0.05, 0.1) is 18.3 Å². The van der Waals surface area contributed by atoms with Gasteiger partial charge in [-0.25, -0.2) is 14.7 Å². The summed E-state index contributed by atoms with van der Waals surface area (Å²) in [4.78, 5) is 32.0. The van der Waals surface area contributed by atoms with E-state index in [9.17, 15) is 9.59 Å². The van der Waals surface area contributed by atoms with Gasteiger partial charge in [0.1, 0.15) is 24.2 Å². The largest absolute Gasteiger partial charge is 0.493 e. The molecule has 2 heterocycles. The highest BCUT2D eigenvalue weighted by Gasteiger charge is 2.41. The van der Waals surface area contributed by atoms with Crippen LogP contribution in [0.4, 0.5) is 4.79 Å². The van der Waals surface area contributed by atoms with Crippen molar-refractivity contribution in [1.29, 1.82) is 0 Å². The zero-order valence-electron chi connectivity index (χ0n) is 24.2. The van der Waals surface area contributed by atoms with E-state index in [0.29, 0.717) is 38.4 Å². The molecule has 1 aliphatic rings. The second-order valence-corrected chi connectivity index (χ2v) is 10.4. The lowest BCUT2D eigenvalue weighted by Gasteiger charge is -2.25. The number of rotatable bonds is 12. The van der Waals surface area contributed by atoms with Gasteiger partial charge in [-0.05, 0) is 62.1 Å². The van der Waals surface area contributed by atoms with Crippen LogP contribution in [0, 0.1) is 13.8 Å². The van der Waals surface area contributed by atoms with Crippen LogP contribution in [-0.2, 0) is 33.5 Å². The standard InChI is InChI=1S/C34H36N2O6/c1-4-39-31(33(37)36-28(22-41-34(36)38)20-25-11-7-5-8-12-25)21-26-15-16-30(23(2)19-26)40-18-17-29-24(3)42-32(35-29)27-13-9-6-10-14-27/h5-16,19,28,31H,4,17-18,20-22H2,1-3H3/t28?,31-/m0/s1. The lowest BCUT2D eigenvalue weighted by molar-refractivity contribution is -0.141. The van der Waals surface area contributed by atoms with Gasteiger partial charge in [-0.15, -0.1) is 0 Å². The Morgan fingerprint density at radius 3 is 2.48 bits per heavy atom. The lowest BCUT2D eigenvalue weighted by Crippen LogP contribution is -2.47. The number of aryl methyl sites for hydroxylation is 2.